The molecule has 0 radical (unpaired) electrons. The van der Waals surface area contributed by atoms with Crippen molar-refractivity contribution >= 4 is 44.5 Å². The van der Waals surface area contributed by atoms with Gasteiger partial charge in [-0.15, -0.1) is 22.7 Å². The van der Waals surface area contributed by atoms with Gasteiger partial charge >= 0.3 is 0 Å². The van der Waals surface area contributed by atoms with E-state index in [4.69, 9.17) is 4.74 Å². The normalized spacial score (nSPS) is 10.2. The minimum Gasteiger partial charge on any atom is -0.496 e. The Morgan fingerprint density at radius 3 is 2.94 bits per heavy atom. The van der Waals surface area contributed by atoms with Crippen LogP contribution in [-0.4, -0.2) is 13.0 Å². The molecule has 0 saturated heterocycles. The van der Waals surface area contributed by atoms with Gasteiger partial charge in [0.2, 0.25) is 0 Å². The molecule has 2 rings (SSSR count). The van der Waals surface area contributed by atoms with E-state index in [1.165, 1.54) is 11.3 Å². The van der Waals surface area contributed by atoms with Gasteiger partial charge in [0.05, 0.1) is 22.3 Å². The first-order valence-electron chi connectivity index (χ1n) is 4.84. The van der Waals surface area contributed by atoms with Crippen LogP contribution in [-0.2, 0) is 6.54 Å². The van der Waals surface area contributed by atoms with Gasteiger partial charge in [0.15, 0.2) is 0 Å². The van der Waals surface area contributed by atoms with Crippen LogP contribution in [0.4, 0.5) is 0 Å². The van der Waals surface area contributed by atoms with E-state index >= 15 is 0 Å². The van der Waals surface area contributed by atoms with Crippen LogP contribution in [0.1, 0.15) is 14.5 Å². The number of hydrogen-bond donors (Lipinski definition) is 1. The van der Waals surface area contributed by atoms with Crippen molar-refractivity contribution in [3.05, 3.63) is 37.1 Å². The van der Waals surface area contributed by atoms with Crippen molar-refractivity contribution < 1.29 is 9.53 Å². The average molecular weight is 332 g/mol. The highest BCUT2D eigenvalue weighted by Gasteiger charge is 2.09. The summed E-state index contributed by atoms with van der Waals surface area (Å²) in [5.41, 5.74) is 0. The summed E-state index contributed by atoms with van der Waals surface area (Å²) in [5.74, 6) is 0.654. The Hall–Kier alpha value is -0.850. The monoisotopic (exact) mass is 331 g/mol. The fourth-order valence-corrected chi connectivity index (χ4v) is 3.44. The third kappa shape index (κ3) is 3.31. The second-order valence-corrected chi connectivity index (χ2v) is 6.70. The summed E-state index contributed by atoms with van der Waals surface area (Å²) in [6.45, 7) is 0.551. The highest BCUT2D eigenvalue weighted by molar-refractivity contribution is 9.11. The maximum absolute atomic E-state index is 11.8. The predicted molar refractivity (Wildman–Crippen MR) is 74.1 cm³/mol. The van der Waals surface area contributed by atoms with Gasteiger partial charge in [0.25, 0.3) is 5.91 Å². The van der Waals surface area contributed by atoms with Gasteiger partial charge in [-0.1, -0.05) is 0 Å². The summed E-state index contributed by atoms with van der Waals surface area (Å²) in [6, 6.07) is 5.70. The third-order valence-corrected chi connectivity index (χ3v) is 4.62. The molecule has 0 fully saturated rings. The number of thiophene rings is 2. The number of methoxy groups -OCH3 is 1. The van der Waals surface area contributed by atoms with Gasteiger partial charge in [-0.25, -0.2) is 0 Å². The third-order valence-electron chi connectivity index (χ3n) is 2.09. The van der Waals surface area contributed by atoms with Crippen LogP contribution in [0.2, 0.25) is 0 Å². The van der Waals surface area contributed by atoms with E-state index in [9.17, 15) is 4.79 Å². The highest BCUT2D eigenvalue weighted by atomic mass is 79.9. The topological polar surface area (TPSA) is 38.3 Å². The molecule has 2 heterocycles. The second-order valence-electron chi connectivity index (χ2n) is 3.24. The SMILES string of the molecule is COc1csc(C(=O)NCc2ccc(Br)s2)c1. The lowest BCUT2D eigenvalue weighted by Gasteiger charge is -2.00. The van der Waals surface area contributed by atoms with Crippen molar-refractivity contribution in [3.63, 3.8) is 0 Å². The van der Waals surface area contributed by atoms with Gasteiger partial charge in [0.1, 0.15) is 5.75 Å². The molecule has 17 heavy (non-hydrogen) atoms. The lowest BCUT2D eigenvalue weighted by Crippen LogP contribution is -2.21. The summed E-state index contributed by atoms with van der Waals surface area (Å²) in [4.78, 5) is 13.6. The zero-order valence-corrected chi connectivity index (χ0v) is 12.2. The zero-order chi connectivity index (χ0) is 12.3. The quantitative estimate of drug-likeness (QED) is 0.930. The molecule has 6 heteroatoms. The van der Waals surface area contributed by atoms with Crippen LogP contribution in [0.3, 0.4) is 0 Å². The number of hydrogen-bond acceptors (Lipinski definition) is 4. The van der Waals surface area contributed by atoms with E-state index in [-0.39, 0.29) is 5.91 Å². The maximum Gasteiger partial charge on any atom is 0.261 e. The molecule has 0 unspecified atom stereocenters. The molecule has 0 saturated carbocycles. The summed E-state index contributed by atoms with van der Waals surface area (Å²) >= 11 is 6.38. The van der Waals surface area contributed by atoms with E-state index < -0.39 is 0 Å². The molecule has 2 aromatic rings. The molecule has 0 aliphatic rings. The van der Waals surface area contributed by atoms with Crippen LogP contribution < -0.4 is 10.1 Å². The largest absolute Gasteiger partial charge is 0.496 e. The van der Waals surface area contributed by atoms with Crippen molar-refractivity contribution in [1.82, 2.24) is 5.32 Å². The number of amides is 1. The molecule has 90 valence electrons. The van der Waals surface area contributed by atoms with Crippen molar-refractivity contribution in [2.45, 2.75) is 6.54 Å². The number of ether oxygens (including phenoxy) is 1. The molecule has 0 spiro atoms. The first-order valence-corrected chi connectivity index (χ1v) is 7.33. The average Bonchev–Trinajstić information content (AvgIpc) is 2.94. The first kappa shape index (κ1) is 12.6. The first-order chi connectivity index (χ1) is 8.19. The van der Waals surface area contributed by atoms with E-state index in [2.05, 4.69) is 21.2 Å². The minimum atomic E-state index is -0.0668. The molecule has 2 aromatic heterocycles. The lowest BCUT2D eigenvalue weighted by molar-refractivity contribution is 0.0955. The molecule has 3 nitrogen and oxygen atoms in total. The molecule has 1 amide bonds. The lowest BCUT2D eigenvalue weighted by atomic mass is 10.4. The van der Waals surface area contributed by atoms with Crippen LogP contribution in [0.15, 0.2) is 27.4 Å². The second kappa shape index (κ2) is 5.66. The summed E-state index contributed by atoms with van der Waals surface area (Å²) < 4.78 is 6.11. The summed E-state index contributed by atoms with van der Waals surface area (Å²) in [7, 11) is 1.59. The van der Waals surface area contributed by atoms with Gasteiger partial charge in [-0.3, -0.25) is 4.79 Å². The predicted octanol–water partition coefficient (Wildman–Crippen LogP) is 3.51. The molecule has 0 atom stereocenters. The van der Waals surface area contributed by atoms with E-state index in [1.54, 1.807) is 24.5 Å². The summed E-state index contributed by atoms with van der Waals surface area (Å²) in [5, 5.41) is 4.69. The Labute approximate surface area is 116 Å². The molecule has 0 aliphatic carbocycles. The maximum atomic E-state index is 11.8. The fraction of sp³-hybridized carbons (Fsp3) is 0.182. The molecule has 0 aliphatic heterocycles. The molecular formula is C11H10BrNO2S2. The fourth-order valence-electron chi connectivity index (χ4n) is 1.25. The van der Waals surface area contributed by atoms with Crippen molar-refractivity contribution in [1.29, 1.82) is 0 Å². The van der Waals surface area contributed by atoms with Gasteiger partial charge in [0, 0.05) is 16.3 Å². The van der Waals surface area contributed by atoms with Crippen LogP contribution in [0.5, 0.6) is 5.75 Å². The standard InChI is InChI=1S/C11H10BrNO2S2/c1-15-7-4-9(16-6-7)11(14)13-5-8-2-3-10(12)17-8/h2-4,6H,5H2,1H3,(H,13,14). The van der Waals surface area contributed by atoms with E-state index in [0.717, 1.165) is 14.4 Å². The number of carbonyl (C=O) groups excluding carboxylic acids is 1. The smallest absolute Gasteiger partial charge is 0.261 e. The van der Waals surface area contributed by atoms with Crippen LogP contribution >= 0.6 is 38.6 Å². The van der Waals surface area contributed by atoms with E-state index in [0.29, 0.717) is 11.4 Å². The Morgan fingerprint density at radius 2 is 2.35 bits per heavy atom. The number of rotatable bonds is 4. The van der Waals surface area contributed by atoms with Crippen LogP contribution in [0.25, 0.3) is 0 Å². The molecule has 1 N–H and O–H groups in total. The zero-order valence-electron chi connectivity index (χ0n) is 9.03. The number of nitrogens with one attached hydrogen (secondary N) is 1. The van der Waals surface area contributed by atoms with Crippen LogP contribution in [0, 0.1) is 0 Å². The molecular weight excluding hydrogens is 322 g/mol. The van der Waals surface area contributed by atoms with Gasteiger partial charge in [-0.05, 0) is 28.1 Å². The highest BCUT2D eigenvalue weighted by Crippen LogP contribution is 2.23. The number of carbonyl (C=O) groups is 1. The Balaban J connectivity index is 1.93. The number of halogens is 1. The van der Waals surface area contributed by atoms with Gasteiger partial charge in [-0.2, -0.15) is 0 Å². The summed E-state index contributed by atoms with van der Waals surface area (Å²) in [6.07, 6.45) is 0. The molecule has 0 aromatic carbocycles. The van der Waals surface area contributed by atoms with Crippen molar-refractivity contribution in [2.75, 3.05) is 7.11 Å². The van der Waals surface area contributed by atoms with Crippen molar-refractivity contribution in [3.8, 4) is 5.75 Å². The minimum absolute atomic E-state index is 0.0668. The van der Waals surface area contributed by atoms with Crippen molar-refractivity contribution in [2.24, 2.45) is 0 Å². The van der Waals surface area contributed by atoms with E-state index in [1.807, 2.05) is 17.5 Å². The Morgan fingerprint density at radius 1 is 1.53 bits per heavy atom. The Bertz CT molecular complexity index is 521. The molecule has 0 bridgehead atoms. The Kier molecular flexibility index (Phi) is 4.20. The van der Waals surface area contributed by atoms with Gasteiger partial charge < -0.3 is 10.1 Å².